The van der Waals surface area contributed by atoms with Gasteiger partial charge in [-0.15, -0.1) is 0 Å². The molecule has 2 aromatic heterocycles. The zero-order chi connectivity index (χ0) is 33.3. The van der Waals surface area contributed by atoms with Crippen LogP contribution in [0.1, 0.15) is 94.4 Å². The maximum atomic E-state index is 14.6. The number of aliphatic hydroxyl groups excluding tert-OH is 1. The highest BCUT2D eigenvalue weighted by Crippen LogP contribution is 2.58. The number of amides is 2. The summed E-state index contributed by atoms with van der Waals surface area (Å²) in [7, 11) is 4.04. The number of aliphatic hydroxyl groups is 1. The standard InChI is InChI=1S/C38H49N5O5/c1-42(2)33-13-10-29(23-40-33)38-17-14-37(15-18-38,16-19-38)25-43(35(45)27-8-11-31(12-9-27)48-36(46)39-20-21-44)30-5-3-4-28(22-30)32-24-47-34(41-32)26-6-7-26/h3-5,10,13,22-24,26-27,31,44H,6-9,11-12,14-21,25H2,1-2H3,(H,39,46). The minimum atomic E-state index is -0.510. The number of aromatic nitrogens is 2. The highest BCUT2D eigenvalue weighted by atomic mass is 16.6. The van der Waals surface area contributed by atoms with Gasteiger partial charge in [-0.2, -0.15) is 0 Å². The summed E-state index contributed by atoms with van der Waals surface area (Å²) in [5.41, 5.74) is 4.28. The number of ether oxygens (including phenoxy) is 1. The van der Waals surface area contributed by atoms with Crippen molar-refractivity contribution in [3.8, 4) is 11.3 Å². The SMILES string of the molecule is CN(C)c1ccc(C23CCC(CN(C(=O)C4CCC(OC(=O)NCCO)CC4)c4cccc(-c5coc(C6CC6)n5)c4)(CC2)CC3)cn1. The molecule has 5 fully saturated rings. The van der Waals surface area contributed by atoms with E-state index in [0.717, 1.165) is 80.0 Å². The third-order valence-corrected chi connectivity index (χ3v) is 11.6. The van der Waals surface area contributed by atoms with E-state index >= 15 is 0 Å². The molecule has 0 saturated heterocycles. The molecule has 0 spiro atoms. The van der Waals surface area contributed by atoms with Gasteiger partial charge in [-0.25, -0.2) is 14.8 Å². The van der Waals surface area contributed by atoms with Crippen LogP contribution in [0.2, 0.25) is 0 Å². The van der Waals surface area contributed by atoms with Crippen molar-refractivity contribution in [2.45, 2.75) is 94.5 Å². The van der Waals surface area contributed by atoms with Gasteiger partial charge in [-0.1, -0.05) is 18.2 Å². The number of hydrogen-bond acceptors (Lipinski definition) is 8. The number of benzene rings is 1. The first-order valence-corrected chi connectivity index (χ1v) is 17.8. The number of nitrogens with one attached hydrogen (secondary N) is 1. The smallest absolute Gasteiger partial charge is 0.407 e. The molecule has 10 heteroatoms. The van der Waals surface area contributed by atoms with Crippen molar-refractivity contribution in [1.29, 1.82) is 0 Å². The fourth-order valence-corrected chi connectivity index (χ4v) is 8.30. The Morgan fingerprint density at radius 2 is 1.75 bits per heavy atom. The average molecular weight is 656 g/mol. The zero-order valence-corrected chi connectivity index (χ0v) is 28.3. The highest BCUT2D eigenvalue weighted by molar-refractivity contribution is 5.95. The molecular formula is C38H49N5O5. The molecular weight excluding hydrogens is 606 g/mol. The molecule has 2 amide bonds. The summed E-state index contributed by atoms with van der Waals surface area (Å²) in [5.74, 6) is 2.25. The Bertz CT molecular complexity index is 1570. The third-order valence-electron chi connectivity index (χ3n) is 11.6. The number of pyridine rings is 1. The van der Waals surface area contributed by atoms with Gasteiger partial charge >= 0.3 is 6.09 Å². The van der Waals surface area contributed by atoms with Gasteiger partial charge in [0.2, 0.25) is 5.91 Å². The van der Waals surface area contributed by atoms with Crippen molar-refractivity contribution in [2.24, 2.45) is 11.3 Å². The molecule has 8 rings (SSSR count). The predicted octanol–water partition coefficient (Wildman–Crippen LogP) is 6.58. The molecule has 3 aromatic rings. The van der Waals surface area contributed by atoms with Crippen LogP contribution < -0.4 is 15.1 Å². The maximum absolute atomic E-state index is 14.6. The summed E-state index contributed by atoms with van der Waals surface area (Å²) in [6.07, 6.45) is 14.6. The molecule has 10 nitrogen and oxygen atoms in total. The lowest BCUT2D eigenvalue weighted by Crippen LogP contribution is -2.52. The van der Waals surface area contributed by atoms with E-state index in [1.165, 1.54) is 5.56 Å². The fourth-order valence-electron chi connectivity index (χ4n) is 8.30. The van der Waals surface area contributed by atoms with Gasteiger partial charge in [0, 0.05) is 56.5 Å². The molecule has 1 aromatic carbocycles. The van der Waals surface area contributed by atoms with E-state index in [-0.39, 0.29) is 41.9 Å². The first-order chi connectivity index (χ1) is 23.3. The van der Waals surface area contributed by atoms with E-state index in [2.05, 4.69) is 46.7 Å². The molecule has 256 valence electrons. The number of anilines is 2. The Morgan fingerprint density at radius 3 is 2.40 bits per heavy atom. The van der Waals surface area contributed by atoms with Gasteiger partial charge in [0.15, 0.2) is 5.89 Å². The third kappa shape index (κ3) is 6.81. The first-order valence-electron chi connectivity index (χ1n) is 17.8. The molecule has 5 aliphatic rings. The maximum Gasteiger partial charge on any atom is 0.407 e. The van der Waals surface area contributed by atoms with Crippen LogP contribution in [-0.2, 0) is 14.9 Å². The number of carbonyl (C=O) groups excluding carboxylic acids is 2. The van der Waals surface area contributed by atoms with E-state index in [1.807, 2.05) is 25.1 Å². The van der Waals surface area contributed by atoms with Crippen LogP contribution in [0.15, 0.2) is 53.3 Å². The summed E-state index contributed by atoms with van der Waals surface area (Å²) in [5, 5.41) is 11.6. The summed E-state index contributed by atoms with van der Waals surface area (Å²) < 4.78 is 11.4. The Morgan fingerprint density at radius 1 is 1.00 bits per heavy atom. The normalized spacial score (nSPS) is 26.6. The molecule has 0 unspecified atom stereocenters. The quantitative estimate of drug-likeness (QED) is 0.238. The van der Waals surface area contributed by atoms with Crippen molar-refractivity contribution in [2.75, 3.05) is 43.6 Å². The number of alkyl carbamates (subject to hydrolysis) is 1. The number of fused-ring (bicyclic) bond motifs is 3. The van der Waals surface area contributed by atoms with E-state index < -0.39 is 6.09 Å². The van der Waals surface area contributed by atoms with Crippen molar-refractivity contribution < 1.29 is 23.8 Å². The number of nitrogens with zero attached hydrogens (tertiary/aromatic N) is 4. The van der Waals surface area contributed by atoms with Crippen LogP contribution >= 0.6 is 0 Å². The lowest BCUT2D eigenvalue weighted by molar-refractivity contribution is -0.124. The van der Waals surface area contributed by atoms with Crippen molar-refractivity contribution in [3.05, 3.63) is 60.3 Å². The minimum Gasteiger partial charge on any atom is -0.448 e. The fraction of sp³-hybridized carbons (Fsp3) is 0.579. The second-order valence-electron chi connectivity index (χ2n) is 14.9. The van der Waals surface area contributed by atoms with Crippen LogP contribution in [-0.4, -0.2) is 67.0 Å². The summed E-state index contributed by atoms with van der Waals surface area (Å²) in [4.78, 5) is 40.3. The first kappa shape index (κ1) is 32.6. The summed E-state index contributed by atoms with van der Waals surface area (Å²) in [6.45, 7) is 0.740. The molecule has 5 aliphatic carbocycles. The molecule has 2 heterocycles. The van der Waals surface area contributed by atoms with E-state index in [1.54, 1.807) is 6.26 Å². The number of rotatable bonds is 11. The Hall–Kier alpha value is -3.92. The molecule has 48 heavy (non-hydrogen) atoms. The molecule has 0 aliphatic heterocycles. The van der Waals surface area contributed by atoms with Crippen LogP contribution in [0, 0.1) is 11.3 Å². The van der Waals surface area contributed by atoms with Crippen LogP contribution in [0.25, 0.3) is 11.3 Å². The van der Waals surface area contributed by atoms with Crippen LogP contribution in [0.4, 0.5) is 16.3 Å². The number of oxazole rings is 1. The summed E-state index contributed by atoms with van der Waals surface area (Å²) in [6, 6.07) is 12.7. The highest BCUT2D eigenvalue weighted by Gasteiger charge is 2.51. The van der Waals surface area contributed by atoms with Gasteiger partial charge in [-0.3, -0.25) is 4.79 Å². The van der Waals surface area contributed by atoms with E-state index in [0.29, 0.717) is 38.1 Å². The van der Waals surface area contributed by atoms with Gasteiger partial charge in [0.05, 0.1) is 6.61 Å². The second-order valence-corrected chi connectivity index (χ2v) is 14.9. The molecule has 0 radical (unpaired) electrons. The molecule has 2 bridgehead atoms. The second kappa shape index (κ2) is 13.5. The Balaban J connectivity index is 1.09. The minimum absolute atomic E-state index is 0.0720. The van der Waals surface area contributed by atoms with Gasteiger partial charge < -0.3 is 29.4 Å². The average Bonchev–Trinajstić information content (AvgIpc) is 3.86. The Labute approximate surface area is 283 Å². The van der Waals surface area contributed by atoms with E-state index in [9.17, 15) is 9.59 Å². The van der Waals surface area contributed by atoms with E-state index in [4.69, 9.17) is 24.2 Å². The number of hydrogen-bond donors (Lipinski definition) is 2. The van der Waals surface area contributed by atoms with Crippen molar-refractivity contribution >= 4 is 23.5 Å². The molecule has 0 atom stereocenters. The Kier molecular flexibility index (Phi) is 9.20. The van der Waals surface area contributed by atoms with Crippen molar-refractivity contribution in [1.82, 2.24) is 15.3 Å². The lowest BCUT2D eigenvalue weighted by Gasteiger charge is -2.55. The van der Waals surface area contributed by atoms with Crippen molar-refractivity contribution in [3.63, 3.8) is 0 Å². The summed E-state index contributed by atoms with van der Waals surface area (Å²) >= 11 is 0. The molecule has 5 saturated carbocycles. The van der Waals surface area contributed by atoms with Crippen LogP contribution in [0.3, 0.4) is 0 Å². The van der Waals surface area contributed by atoms with Gasteiger partial charge in [0.25, 0.3) is 0 Å². The largest absolute Gasteiger partial charge is 0.448 e. The topological polar surface area (TPSA) is 121 Å². The molecule has 2 N–H and O–H groups in total. The zero-order valence-electron chi connectivity index (χ0n) is 28.3. The van der Waals surface area contributed by atoms with Gasteiger partial charge in [0.1, 0.15) is 23.9 Å². The van der Waals surface area contributed by atoms with Crippen LogP contribution in [0.5, 0.6) is 0 Å². The predicted molar refractivity (Wildman–Crippen MR) is 184 cm³/mol. The number of carbonyl (C=O) groups is 2. The van der Waals surface area contributed by atoms with Gasteiger partial charge in [-0.05, 0) is 112 Å². The monoisotopic (exact) mass is 655 g/mol. The lowest BCUT2D eigenvalue weighted by atomic mass is 9.52.